The molecule has 0 bridgehead atoms. The van der Waals surface area contributed by atoms with Crippen LogP contribution in [0.5, 0.6) is 0 Å². The monoisotopic (exact) mass is 548 g/mol. The van der Waals surface area contributed by atoms with E-state index in [2.05, 4.69) is 20.6 Å². The highest BCUT2D eigenvalue weighted by atomic mass is 16.6. The quantitative estimate of drug-likeness (QED) is 0.194. The second-order valence-corrected chi connectivity index (χ2v) is 10.8. The second kappa shape index (κ2) is 11.6. The Balaban J connectivity index is 1.46. The van der Waals surface area contributed by atoms with Gasteiger partial charge in [-0.3, -0.25) is 9.59 Å². The summed E-state index contributed by atoms with van der Waals surface area (Å²) in [5, 5.41) is 6.62. The molecule has 0 aliphatic heterocycles. The predicted octanol–water partition coefficient (Wildman–Crippen LogP) is 6.19. The van der Waals surface area contributed by atoms with Crippen molar-refractivity contribution in [1.82, 2.24) is 15.3 Å². The van der Waals surface area contributed by atoms with Crippen molar-refractivity contribution in [3.05, 3.63) is 125 Å². The van der Waals surface area contributed by atoms with Gasteiger partial charge < -0.3 is 25.3 Å². The Morgan fingerprint density at radius 3 is 2.00 bits per heavy atom. The summed E-state index contributed by atoms with van der Waals surface area (Å²) in [6.07, 6.45) is 2.72. The average Bonchev–Trinajstić information content (AvgIpc) is 3.45. The maximum absolute atomic E-state index is 13.9. The van der Waals surface area contributed by atoms with Crippen LogP contribution in [0.25, 0.3) is 22.0 Å². The van der Waals surface area contributed by atoms with E-state index in [-0.39, 0.29) is 5.56 Å². The summed E-state index contributed by atoms with van der Waals surface area (Å²) in [6.45, 7) is 5.33. The fraction of sp³-hybridized carbons (Fsp3) is 0.182. The highest BCUT2D eigenvalue weighted by Crippen LogP contribution is 2.30. The largest absolute Gasteiger partial charge is 0.444 e. The lowest BCUT2D eigenvalue weighted by Gasteiger charge is -2.29. The number of H-pyrrole nitrogens is 2. The number of anilines is 1. The third-order valence-electron chi connectivity index (χ3n) is 6.68. The first-order valence-electron chi connectivity index (χ1n) is 13.4. The summed E-state index contributed by atoms with van der Waals surface area (Å²) in [5.74, 6) is -0.870. The second-order valence-electron chi connectivity index (χ2n) is 10.8. The third kappa shape index (κ3) is 6.38. The van der Waals surface area contributed by atoms with E-state index in [1.807, 2.05) is 78.9 Å². The Bertz CT molecular complexity index is 1660. The van der Waals surface area contributed by atoms with Crippen molar-refractivity contribution >= 4 is 28.6 Å². The number of fused-ring (bicyclic) bond motifs is 1. The summed E-state index contributed by atoms with van der Waals surface area (Å²) < 4.78 is 5.53. The Labute approximate surface area is 237 Å². The van der Waals surface area contributed by atoms with E-state index >= 15 is 0 Å². The standard InChI is InChI=1S/C33H32N4O4/c1-33(2,3)41-32(40)37-29(27(22-10-6-4-7-11-22)23-12-8-5-9-13-23)31(39)36-24-16-14-21(15-17-24)26-20-35-30(38)28-25(26)18-19-34-28/h4-20,27,29,34H,1-3H3,(H,35,38)(H,36,39)(H,37,40)/t29-/m0/s1. The van der Waals surface area contributed by atoms with E-state index in [1.165, 1.54) is 0 Å². The minimum absolute atomic E-state index is 0.187. The molecule has 5 rings (SSSR count). The van der Waals surface area contributed by atoms with Crippen molar-refractivity contribution in [3.8, 4) is 11.1 Å². The third-order valence-corrected chi connectivity index (χ3v) is 6.68. The molecule has 208 valence electrons. The summed E-state index contributed by atoms with van der Waals surface area (Å²) in [6, 6.07) is 27.4. The summed E-state index contributed by atoms with van der Waals surface area (Å²) in [4.78, 5) is 44.7. The molecular formula is C33H32N4O4. The molecule has 8 heteroatoms. The van der Waals surface area contributed by atoms with Crippen LogP contribution in [0.3, 0.4) is 0 Å². The van der Waals surface area contributed by atoms with Crippen LogP contribution < -0.4 is 16.2 Å². The lowest BCUT2D eigenvalue weighted by molar-refractivity contribution is -0.118. The number of rotatable bonds is 7. The van der Waals surface area contributed by atoms with Gasteiger partial charge in [0, 0.05) is 34.9 Å². The van der Waals surface area contributed by atoms with E-state index in [9.17, 15) is 14.4 Å². The number of nitrogens with one attached hydrogen (secondary N) is 4. The molecule has 0 fully saturated rings. The SMILES string of the molecule is CC(C)(C)OC(=O)N[C@H](C(=O)Nc1ccc(-c2c[nH]c(=O)c3[nH]ccc23)cc1)C(c1ccccc1)c1ccccc1. The van der Waals surface area contributed by atoms with Crippen molar-refractivity contribution in [1.29, 1.82) is 0 Å². The van der Waals surface area contributed by atoms with Crippen molar-refractivity contribution in [2.75, 3.05) is 5.32 Å². The average molecular weight is 549 g/mol. The molecule has 0 saturated heterocycles. The molecule has 5 aromatic rings. The number of benzene rings is 3. The van der Waals surface area contributed by atoms with Crippen LogP contribution in [0.2, 0.25) is 0 Å². The van der Waals surface area contributed by atoms with Gasteiger partial charge in [-0.15, -0.1) is 0 Å². The van der Waals surface area contributed by atoms with Gasteiger partial charge in [0.2, 0.25) is 5.91 Å². The Hall–Kier alpha value is -5.11. The molecule has 41 heavy (non-hydrogen) atoms. The van der Waals surface area contributed by atoms with E-state index in [0.717, 1.165) is 27.6 Å². The zero-order chi connectivity index (χ0) is 29.0. The molecular weight excluding hydrogens is 516 g/mol. The summed E-state index contributed by atoms with van der Waals surface area (Å²) in [5.41, 5.74) is 3.62. The van der Waals surface area contributed by atoms with Gasteiger partial charge in [0.15, 0.2) is 0 Å². The molecule has 1 atom stereocenters. The zero-order valence-corrected chi connectivity index (χ0v) is 23.1. The van der Waals surface area contributed by atoms with Gasteiger partial charge in [-0.05, 0) is 55.7 Å². The normalized spacial score (nSPS) is 12.2. The first-order valence-corrected chi connectivity index (χ1v) is 13.4. The number of amides is 2. The number of aromatic nitrogens is 2. The van der Waals surface area contributed by atoms with Crippen molar-refractivity contribution in [2.24, 2.45) is 0 Å². The van der Waals surface area contributed by atoms with Gasteiger partial charge in [0.05, 0.1) is 0 Å². The summed E-state index contributed by atoms with van der Waals surface area (Å²) in [7, 11) is 0. The molecule has 0 aliphatic carbocycles. The lowest BCUT2D eigenvalue weighted by atomic mass is 9.84. The number of carbonyl (C=O) groups excluding carboxylic acids is 2. The number of aromatic amines is 2. The van der Waals surface area contributed by atoms with E-state index in [0.29, 0.717) is 11.2 Å². The fourth-order valence-corrected chi connectivity index (χ4v) is 4.89. The molecule has 0 radical (unpaired) electrons. The fourth-order valence-electron chi connectivity index (χ4n) is 4.89. The highest BCUT2D eigenvalue weighted by Gasteiger charge is 2.34. The number of carbonyl (C=O) groups is 2. The Morgan fingerprint density at radius 2 is 1.41 bits per heavy atom. The van der Waals surface area contributed by atoms with Crippen LogP contribution in [0.15, 0.2) is 108 Å². The number of hydrogen-bond donors (Lipinski definition) is 4. The van der Waals surface area contributed by atoms with Crippen molar-refractivity contribution in [2.45, 2.75) is 38.3 Å². The first kappa shape index (κ1) is 27.5. The topological polar surface area (TPSA) is 116 Å². The summed E-state index contributed by atoms with van der Waals surface area (Å²) >= 11 is 0. The van der Waals surface area contributed by atoms with Gasteiger partial charge in [-0.25, -0.2) is 4.79 Å². The van der Waals surface area contributed by atoms with Crippen LogP contribution in [0.4, 0.5) is 10.5 Å². The lowest BCUT2D eigenvalue weighted by Crippen LogP contribution is -2.49. The predicted molar refractivity (Wildman–Crippen MR) is 161 cm³/mol. The maximum Gasteiger partial charge on any atom is 0.408 e. The molecule has 0 unspecified atom stereocenters. The molecule has 8 nitrogen and oxygen atoms in total. The van der Waals surface area contributed by atoms with Gasteiger partial charge in [-0.2, -0.15) is 0 Å². The minimum atomic E-state index is -0.979. The van der Waals surface area contributed by atoms with Gasteiger partial charge in [0.1, 0.15) is 17.2 Å². The number of alkyl carbamates (subject to hydrolysis) is 1. The molecule has 3 aromatic carbocycles. The van der Waals surface area contributed by atoms with Gasteiger partial charge >= 0.3 is 6.09 Å². The number of hydrogen-bond acceptors (Lipinski definition) is 4. The maximum atomic E-state index is 13.9. The first-order chi connectivity index (χ1) is 19.7. The van der Waals surface area contributed by atoms with Crippen LogP contribution in [-0.2, 0) is 9.53 Å². The van der Waals surface area contributed by atoms with Gasteiger partial charge in [-0.1, -0.05) is 72.8 Å². The van der Waals surface area contributed by atoms with Crippen molar-refractivity contribution in [3.63, 3.8) is 0 Å². The van der Waals surface area contributed by atoms with Gasteiger partial charge in [0.25, 0.3) is 5.56 Å². The molecule has 0 aliphatic rings. The smallest absolute Gasteiger partial charge is 0.408 e. The molecule has 2 aromatic heterocycles. The Morgan fingerprint density at radius 1 is 0.805 bits per heavy atom. The van der Waals surface area contributed by atoms with E-state index in [4.69, 9.17) is 4.74 Å². The molecule has 4 N–H and O–H groups in total. The molecule has 2 heterocycles. The minimum Gasteiger partial charge on any atom is -0.444 e. The van der Waals surface area contributed by atoms with Crippen LogP contribution in [-0.4, -0.2) is 33.6 Å². The molecule has 0 saturated carbocycles. The zero-order valence-electron chi connectivity index (χ0n) is 23.1. The number of pyridine rings is 1. The molecule has 2 amide bonds. The van der Waals surface area contributed by atoms with Crippen molar-refractivity contribution < 1.29 is 14.3 Å². The van der Waals surface area contributed by atoms with Crippen LogP contribution >= 0.6 is 0 Å². The highest BCUT2D eigenvalue weighted by molar-refractivity contribution is 5.98. The van der Waals surface area contributed by atoms with Crippen LogP contribution in [0, 0.1) is 0 Å². The number of ether oxygens (including phenoxy) is 1. The van der Waals surface area contributed by atoms with E-state index in [1.54, 1.807) is 45.3 Å². The molecule has 0 spiro atoms. The van der Waals surface area contributed by atoms with E-state index < -0.39 is 29.6 Å². The van der Waals surface area contributed by atoms with Crippen LogP contribution in [0.1, 0.15) is 37.8 Å². The Kier molecular flexibility index (Phi) is 7.74.